The van der Waals surface area contributed by atoms with Crippen molar-refractivity contribution in [1.82, 2.24) is 15.1 Å². The Balaban J connectivity index is 1.60. The van der Waals surface area contributed by atoms with Gasteiger partial charge in [0.25, 0.3) is 5.91 Å². The second kappa shape index (κ2) is 6.70. The fourth-order valence-corrected chi connectivity index (χ4v) is 4.47. The van der Waals surface area contributed by atoms with Crippen LogP contribution in [0.2, 0.25) is 0 Å². The molecule has 3 fully saturated rings. The van der Waals surface area contributed by atoms with Crippen LogP contribution < -0.4 is 11.1 Å². The molecule has 7 heteroatoms. The number of likely N-dealkylation sites (tertiary alicyclic amines) is 1. The summed E-state index contributed by atoms with van der Waals surface area (Å²) in [5.74, 6) is 0.233. The van der Waals surface area contributed by atoms with E-state index in [2.05, 4.69) is 12.2 Å². The molecule has 0 radical (unpaired) electrons. The van der Waals surface area contributed by atoms with E-state index in [0.29, 0.717) is 25.3 Å². The lowest BCUT2D eigenvalue weighted by Crippen LogP contribution is -2.52. The SMILES string of the molecule is CC1CCCN(C(=O)CCN2C(=O)NC3(CCCC3)C2=O)C1CN. The molecule has 2 unspecified atom stereocenters. The van der Waals surface area contributed by atoms with Crippen molar-refractivity contribution in [2.75, 3.05) is 19.6 Å². The van der Waals surface area contributed by atoms with E-state index < -0.39 is 5.54 Å². The third-order valence-corrected chi connectivity index (χ3v) is 5.93. The molecular weight excluding hydrogens is 308 g/mol. The summed E-state index contributed by atoms with van der Waals surface area (Å²) in [6.07, 6.45) is 5.59. The number of nitrogens with two attached hydrogens (primary N) is 1. The topological polar surface area (TPSA) is 95.7 Å². The third-order valence-electron chi connectivity index (χ3n) is 5.93. The maximum Gasteiger partial charge on any atom is 0.325 e. The van der Waals surface area contributed by atoms with Crippen molar-refractivity contribution >= 4 is 17.8 Å². The fourth-order valence-electron chi connectivity index (χ4n) is 4.47. The van der Waals surface area contributed by atoms with Gasteiger partial charge >= 0.3 is 6.03 Å². The second-order valence-electron chi connectivity index (χ2n) is 7.44. The molecule has 2 saturated heterocycles. The van der Waals surface area contributed by atoms with Crippen LogP contribution in [-0.2, 0) is 9.59 Å². The lowest BCUT2D eigenvalue weighted by Gasteiger charge is -2.39. The lowest BCUT2D eigenvalue weighted by atomic mass is 9.90. The largest absolute Gasteiger partial charge is 0.338 e. The quantitative estimate of drug-likeness (QED) is 0.743. The summed E-state index contributed by atoms with van der Waals surface area (Å²) >= 11 is 0. The van der Waals surface area contributed by atoms with Gasteiger partial charge in [-0.15, -0.1) is 0 Å². The van der Waals surface area contributed by atoms with Gasteiger partial charge in [0.1, 0.15) is 5.54 Å². The highest BCUT2D eigenvalue weighted by atomic mass is 16.2. The van der Waals surface area contributed by atoms with Crippen LogP contribution in [0.5, 0.6) is 0 Å². The number of nitrogens with zero attached hydrogens (tertiary/aromatic N) is 2. The molecule has 0 aromatic rings. The monoisotopic (exact) mass is 336 g/mol. The number of nitrogens with one attached hydrogen (secondary N) is 1. The Hall–Kier alpha value is -1.63. The Morgan fingerprint density at radius 3 is 2.67 bits per heavy atom. The molecule has 3 aliphatic rings. The molecule has 0 bridgehead atoms. The molecule has 3 rings (SSSR count). The first kappa shape index (κ1) is 17.2. The maximum absolute atomic E-state index is 12.6. The molecule has 0 aromatic carbocycles. The number of carbonyl (C=O) groups is 3. The van der Waals surface area contributed by atoms with E-state index in [1.807, 2.05) is 4.90 Å². The van der Waals surface area contributed by atoms with Crippen molar-refractivity contribution in [1.29, 1.82) is 0 Å². The first-order valence-electron chi connectivity index (χ1n) is 9.12. The number of hydrogen-bond acceptors (Lipinski definition) is 4. The molecule has 2 aliphatic heterocycles. The average molecular weight is 336 g/mol. The maximum atomic E-state index is 12.6. The molecule has 1 saturated carbocycles. The van der Waals surface area contributed by atoms with Crippen molar-refractivity contribution in [3.05, 3.63) is 0 Å². The van der Waals surface area contributed by atoms with Crippen molar-refractivity contribution in [2.45, 2.75) is 63.5 Å². The Kier molecular flexibility index (Phi) is 4.80. The van der Waals surface area contributed by atoms with Crippen LogP contribution >= 0.6 is 0 Å². The van der Waals surface area contributed by atoms with Gasteiger partial charge in [-0.25, -0.2) is 4.79 Å². The second-order valence-corrected chi connectivity index (χ2v) is 7.44. The molecule has 7 nitrogen and oxygen atoms in total. The van der Waals surface area contributed by atoms with Crippen LogP contribution in [0.15, 0.2) is 0 Å². The zero-order valence-electron chi connectivity index (χ0n) is 14.4. The third kappa shape index (κ3) is 2.90. The molecule has 2 atom stereocenters. The standard InChI is InChI=1S/C17H28N4O3/c1-12-5-4-9-20(13(12)11-18)14(22)6-10-21-15(23)17(19-16(21)24)7-2-3-8-17/h12-13H,2-11,18H2,1H3,(H,19,24). The summed E-state index contributed by atoms with van der Waals surface area (Å²) < 4.78 is 0. The molecule has 1 spiro atoms. The summed E-state index contributed by atoms with van der Waals surface area (Å²) in [6, 6.07) is -0.285. The summed E-state index contributed by atoms with van der Waals surface area (Å²) in [6.45, 7) is 3.46. The van der Waals surface area contributed by atoms with E-state index in [0.717, 1.165) is 32.2 Å². The van der Waals surface area contributed by atoms with E-state index >= 15 is 0 Å². The van der Waals surface area contributed by atoms with Gasteiger partial charge < -0.3 is 16.0 Å². The first-order valence-corrected chi connectivity index (χ1v) is 9.12. The van der Waals surface area contributed by atoms with Crippen LogP contribution in [0, 0.1) is 5.92 Å². The minimum atomic E-state index is -0.695. The lowest BCUT2D eigenvalue weighted by molar-refractivity contribution is -0.137. The molecule has 4 amide bonds. The highest BCUT2D eigenvalue weighted by Crippen LogP contribution is 2.35. The summed E-state index contributed by atoms with van der Waals surface area (Å²) in [5.41, 5.74) is 5.15. The van der Waals surface area contributed by atoms with Gasteiger partial charge in [0.15, 0.2) is 0 Å². The summed E-state index contributed by atoms with van der Waals surface area (Å²) in [7, 11) is 0. The molecule has 2 heterocycles. The molecule has 24 heavy (non-hydrogen) atoms. The normalized spacial score (nSPS) is 29.4. The summed E-state index contributed by atoms with van der Waals surface area (Å²) in [5, 5.41) is 2.85. The Morgan fingerprint density at radius 1 is 1.29 bits per heavy atom. The number of imide groups is 1. The number of hydrogen-bond donors (Lipinski definition) is 2. The van der Waals surface area contributed by atoms with Gasteiger partial charge in [0, 0.05) is 32.1 Å². The van der Waals surface area contributed by atoms with Gasteiger partial charge in [-0.05, 0) is 31.6 Å². The van der Waals surface area contributed by atoms with Crippen LogP contribution in [0.4, 0.5) is 4.79 Å². The Bertz CT molecular complexity index is 530. The van der Waals surface area contributed by atoms with Gasteiger partial charge in [-0.1, -0.05) is 19.8 Å². The minimum Gasteiger partial charge on any atom is -0.338 e. The predicted octanol–water partition coefficient (Wildman–Crippen LogP) is 0.827. The van der Waals surface area contributed by atoms with Crippen LogP contribution in [0.1, 0.15) is 51.9 Å². The minimum absolute atomic E-state index is 0.00929. The molecule has 0 aromatic heterocycles. The van der Waals surface area contributed by atoms with E-state index in [-0.39, 0.29) is 36.9 Å². The van der Waals surface area contributed by atoms with E-state index in [9.17, 15) is 14.4 Å². The molecule has 1 aliphatic carbocycles. The van der Waals surface area contributed by atoms with Crippen LogP contribution in [0.25, 0.3) is 0 Å². The van der Waals surface area contributed by atoms with Gasteiger partial charge in [0.05, 0.1) is 0 Å². The first-order chi connectivity index (χ1) is 11.5. The zero-order valence-corrected chi connectivity index (χ0v) is 14.4. The number of carbonyl (C=O) groups excluding carboxylic acids is 3. The number of rotatable bonds is 4. The predicted molar refractivity (Wildman–Crippen MR) is 89.0 cm³/mol. The number of amides is 4. The van der Waals surface area contributed by atoms with Crippen molar-refractivity contribution in [3.8, 4) is 0 Å². The van der Waals surface area contributed by atoms with E-state index in [4.69, 9.17) is 5.73 Å². The highest BCUT2D eigenvalue weighted by molar-refractivity contribution is 6.07. The molecular formula is C17H28N4O3. The number of piperidine rings is 1. The van der Waals surface area contributed by atoms with E-state index in [1.54, 1.807) is 0 Å². The van der Waals surface area contributed by atoms with Crippen molar-refractivity contribution < 1.29 is 14.4 Å². The fraction of sp³-hybridized carbons (Fsp3) is 0.824. The smallest absolute Gasteiger partial charge is 0.325 e. The molecule has 3 N–H and O–H groups in total. The van der Waals surface area contributed by atoms with E-state index in [1.165, 1.54) is 4.90 Å². The van der Waals surface area contributed by atoms with Crippen molar-refractivity contribution in [3.63, 3.8) is 0 Å². The highest BCUT2D eigenvalue weighted by Gasteiger charge is 2.52. The Morgan fingerprint density at radius 2 is 2.00 bits per heavy atom. The average Bonchev–Trinajstić information content (AvgIpc) is 3.12. The zero-order chi connectivity index (χ0) is 17.3. The van der Waals surface area contributed by atoms with Gasteiger partial charge in [-0.3, -0.25) is 14.5 Å². The van der Waals surface area contributed by atoms with Crippen LogP contribution in [0.3, 0.4) is 0 Å². The van der Waals surface area contributed by atoms with Gasteiger partial charge in [0.2, 0.25) is 5.91 Å². The summed E-state index contributed by atoms with van der Waals surface area (Å²) in [4.78, 5) is 40.4. The van der Waals surface area contributed by atoms with Crippen molar-refractivity contribution in [2.24, 2.45) is 11.7 Å². The van der Waals surface area contributed by atoms with Crippen LogP contribution in [-0.4, -0.2) is 58.9 Å². The molecule has 134 valence electrons. The Labute approximate surface area is 142 Å². The van der Waals surface area contributed by atoms with Gasteiger partial charge in [-0.2, -0.15) is 0 Å². The number of urea groups is 1.